The number of amides is 1. The second-order valence-corrected chi connectivity index (χ2v) is 7.69. The van der Waals surface area contributed by atoms with Crippen LogP contribution in [-0.4, -0.2) is 21.2 Å². The minimum Gasteiger partial charge on any atom is -0.325 e. The predicted molar refractivity (Wildman–Crippen MR) is 108 cm³/mol. The van der Waals surface area contributed by atoms with Gasteiger partial charge in [-0.15, -0.1) is 0 Å². The summed E-state index contributed by atoms with van der Waals surface area (Å²) in [4.78, 5) is 17.1. The molecule has 1 aromatic heterocycles. The van der Waals surface area contributed by atoms with Crippen LogP contribution in [0.4, 0.5) is 5.69 Å². The lowest BCUT2D eigenvalue weighted by molar-refractivity contribution is -0.113. The Morgan fingerprint density at radius 1 is 1.04 bits per heavy atom. The molecular weight excluding hydrogens is 342 g/mol. The molecule has 1 fully saturated rings. The van der Waals surface area contributed by atoms with Crippen molar-refractivity contribution in [3.8, 4) is 0 Å². The molecule has 2 aromatic carbocycles. The van der Waals surface area contributed by atoms with Crippen molar-refractivity contribution in [3.05, 3.63) is 54.6 Å². The summed E-state index contributed by atoms with van der Waals surface area (Å²) < 4.78 is 2.37. The van der Waals surface area contributed by atoms with Crippen molar-refractivity contribution in [3.63, 3.8) is 0 Å². The van der Waals surface area contributed by atoms with Crippen LogP contribution in [0.25, 0.3) is 11.0 Å². The molecule has 1 amide bonds. The standard InChI is InChI=1S/C21H23N3OS/c25-20(22-16-9-3-1-4-10-16)15-26-21-23-18-13-7-8-14-19(18)24(21)17-11-5-2-6-12-17/h1,3-4,7-10,13-14,17H,2,5-6,11-12,15H2,(H,22,25). The molecule has 1 saturated carbocycles. The van der Waals surface area contributed by atoms with Gasteiger partial charge in [-0.25, -0.2) is 4.98 Å². The Kier molecular flexibility index (Phi) is 5.25. The second-order valence-electron chi connectivity index (χ2n) is 6.75. The van der Waals surface area contributed by atoms with E-state index in [9.17, 15) is 4.79 Å². The van der Waals surface area contributed by atoms with Crippen molar-refractivity contribution >= 4 is 34.4 Å². The zero-order valence-corrected chi connectivity index (χ0v) is 15.5. The molecule has 0 aliphatic heterocycles. The zero-order chi connectivity index (χ0) is 17.8. The maximum absolute atomic E-state index is 12.3. The van der Waals surface area contributed by atoms with Gasteiger partial charge in [0, 0.05) is 11.7 Å². The Morgan fingerprint density at radius 3 is 2.58 bits per heavy atom. The molecule has 1 N–H and O–H groups in total. The Labute approximate surface area is 158 Å². The normalized spacial score (nSPS) is 15.2. The van der Waals surface area contributed by atoms with Gasteiger partial charge in [-0.1, -0.05) is 61.4 Å². The van der Waals surface area contributed by atoms with Crippen LogP contribution in [0.2, 0.25) is 0 Å². The fraction of sp³-hybridized carbons (Fsp3) is 0.333. The van der Waals surface area contributed by atoms with Gasteiger partial charge in [0.1, 0.15) is 0 Å². The van der Waals surface area contributed by atoms with Crippen LogP contribution in [0, 0.1) is 0 Å². The van der Waals surface area contributed by atoms with Gasteiger partial charge in [-0.2, -0.15) is 0 Å². The van der Waals surface area contributed by atoms with Gasteiger partial charge in [0.15, 0.2) is 5.16 Å². The van der Waals surface area contributed by atoms with Gasteiger partial charge < -0.3 is 9.88 Å². The molecule has 0 saturated heterocycles. The summed E-state index contributed by atoms with van der Waals surface area (Å²) in [6.07, 6.45) is 6.27. The number of thioether (sulfide) groups is 1. The lowest BCUT2D eigenvalue weighted by Crippen LogP contribution is -2.16. The molecule has 1 aliphatic rings. The van der Waals surface area contributed by atoms with Crippen LogP contribution in [0.15, 0.2) is 59.8 Å². The third-order valence-electron chi connectivity index (χ3n) is 4.89. The smallest absolute Gasteiger partial charge is 0.234 e. The monoisotopic (exact) mass is 365 g/mol. The number of hydrogen-bond acceptors (Lipinski definition) is 3. The summed E-state index contributed by atoms with van der Waals surface area (Å²) in [5.74, 6) is 0.369. The van der Waals surface area contributed by atoms with Crippen LogP contribution < -0.4 is 5.32 Å². The molecule has 1 heterocycles. The lowest BCUT2D eigenvalue weighted by Gasteiger charge is -2.25. The number of carbonyl (C=O) groups excluding carboxylic acids is 1. The minimum atomic E-state index is 0.00319. The number of nitrogens with one attached hydrogen (secondary N) is 1. The van der Waals surface area contributed by atoms with Crippen molar-refractivity contribution in [2.45, 2.75) is 43.3 Å². The van der Waals surface area contributed by atoms with E-state index in [1.165, 1.54) is 49.4 Å². The fourth-order valence-corrected chi connectivity index (χ4v) is 4.55. The maximum Gasteiger partial charge on any atom is 0.234 e. The lowest BCUT2D eigenvalue weighted by atomic mass is 9.95. The highest BCUT2D eigenvalue weighted by Crippen LogP contribution is 2.35. The number of para-hydroxylation sites is 3. The molecule has 4 rings (SSSR count). The number of hydrogen-bond donors (Lipinski definition) is 1. The molecule has 26 heavy (non-hydrogen) atoms. The maximum atomic E-state index is 12.3. The third-order valence-corrected chi connectivity index (χ3v) is 5.85. The highest BCUT2D eigenvalue weighted by Gasteiger charge is 2.22. The molecule has 4 nitrogen and oxygen atoms in total. The van der Waals surface area contributed by atoms with Gasteiger partial charge >= 0.3 is 0 Å². The number of carbonyl (C=O) groups is 1. The van der Waals surface area contributed by atoms with E-state index in [4.69, 9.17) is 4.98 Å². The predicted octanol–water partition coefficient (Wildman–Crippen LogP) is 5.27. The first kappa shape index (κ1) is 17.2. The molecule has 0 spiro atoms. The van der Waals surface area contributed by atoms with Crippen LogP contribution in [0.5, 0.6) is 0 Å². The first-order chi connectivity index (χ1) is 12.8. The van der Waals surface area contributed by atoms with E-state index in [0.717, 1.165) is 16.4 Å². The van der Waals surface area contributed by atoms with Gasteiger partial charge in [-0.05, 0) is 37.1 Å². The molecule has 0 radical (unpaired) electrons. The van der Waals surface area contributed by atoms with Gasteiger partial charge in [0.2, 0.25) is 5.91 Å². The van der Waals surface area contributed by atoms with Crippen molar-refractivity contribution in [1.29, 1.82) is 0 Å². The Morgan fingerprint density at radius 2 is 1.77 bits per heavy atom. The zero-order valence-electron chi connectivity index (χ0n) is 14.7. The first-order valence-corrected chi connectivity index (χ1v) is 10.2. The van der Waals surface area contributed by atoms with E-state index in [1.54, 1.807) is 0 Å². The molecule has 134 valence electrons. The van der Waals surface area contributed by atoms with E-state index >= 15 is 0 Å². The highest BCUT2D eigenvalue weighted by molar-refractivity contribution is 7.99. The number of benzene rings is 2. The Balaban J connectivity index is 1.53. The van der Waals surface area contributed by atoms with E-state index in [0.29, 0.717) is 11.8 Å². The van der Waals surface area contributed by atoms with Crippen molar-refractivity contribution in [1.82, 2.24) is 9.55 Å². The van der Waals surface area contributed by atoms with Crippen molar-refractivity contribution in [2.24, 2.45) is 0 Å². The number of rotatable bonds is 5. The van der Waals surface area contributed by atoms with Crippen molar-refractivity contribution in [2.75, 3.05) is 11.1 Å². The number of imidazole rings is 1. The van der Waals surface area contributed by atoms with Crippen LogP contribution in [-0.2, 0) is 4.79 Å². The molecule has 3 aromatic rings. The number of fused-ring (bicyclic) bond motifs is 1. The average molecular weight is 366 g/mol. The fourth-order valence-electron chi connectivity index (χ4n) is 3.66. The van der Waals surface area contributed by atoms with E-state index < -0.39 is 0 Å². The summed E-state index contributed by atoms with van der Waals surface area (Å²) in [6, 6.07) is 18.4. The van der Waals surface area contributed by atoms with E-state index in [2.05, 4.69) is 28.1 Å². The summed E-state index contributed by atoms with van der Waals surface area (Å²) in [6.45, 7) is 0. The van der Waals surface area contributed by atoms with Gasteiger partial charge in [-0.3, -0.25) is 4.79 Å². The summed E-state index contributed by atoms with van der Waals surface area (Å²) in [5.41, 5.74) is 3.04. The first-order valence-electron chi connectivity index (χ1n) is 9.26. The van der Waals surface area contributed by atoms with Crippen LogP contribution in [0.1, 0.15) is 38.1 Å². The molecule has 0 bridgehead atoms. The van der Waals surface area contributed by atoms with Crippen molar-refractivity contribution < 1.29 is 4.79 Å². The average Bonchev–Trinajstić information content (AvgIpc) is 3.06. The third kappa shape index (κ3) is 3.78. The minimum absolute atomic E-state index is 0.00319. The number of nitrogens with zero attached hydrogens (tertiary/aromatic N) is 2. The largest absolute Gasteiger partial charge is 0.325 e. The molecule has 0 unspecified atom stereocenters. The molecule has 0 atom stereocenters. The quantitative estimate of drug-likeness (QED) is 0.626. The van der Waals surface area contributed by atoms with E-state index in [-0.39, 0.29) is 5.91 Å². The molecule has 5 heteroatoms. The SMILES string of the molecule is O=C(CSc1nc2ccccc2n1C1CCCCC1)Nc1ccccc1. The summed E-state index contributed by atoms with van der Waals surface area (Å²) in [5, 5.41) is 3.91. The Bertz CT molecular complexity index is 885. The van der Waals surface area contributed by atoms with Crippen LogP contribution in [0.3, 0.4) is 0 Å². The Hall–Kier alpha value is -2.27. The number of aromatic nitrogens is 2. The highest BCUT2D eigenvalue weighted by atomic mass is 32.2. The van der Waals surface area contributed by atoms with E-state index in [1.807, 2.05) is 36.4 Å². The van der Waals surface area contributed by atoms with Crippen LogP contribution >= 0.6 is 11.8 Å². The molecule has 1 aliphatic carbocycles. The van der Waals surface area contributed by atoms with Gasteiger partial charge in [0.05, 0.1) is 16.8 Å². The molecular formula is C21H23N3OS. The summed E-state index contributed by atoms with van der Waals surface area (Å²) in [7, 11) is 0. The summed E-state index contributed by atoms with van der Waals surface area (Å²) >= 11 is 1.53. The number of anilines is 1. The topological polar surface area (TPSA) is 46.9 Å². The van der Waals surface area contributed by atoms with Gasteiger partial charge in [0.25, 0.3) is 0 Å². The second kappa shape index (κ2) is 7.96.